The Balaban J connectivity index is 1.79. The first-order valence-electron chi connectivity index (χ1n) is 11.1. The van der Waals surface area contributed by atoms with Crippen molar-refractivity contribution in [1.82, 2.24) is 9.88 Å². The van der Waals surface area contributed by atoms with Crippen LogP contribution in [-0.4, -0.2) is 34.1 Å². The molecule has 31 heavy (non-hydrogen) atoms. The Bertz CT molecular complexity index is 1050. The minimum absolute atomic E-state index is 0.113. The van der Waals surface area contributed by atoms with E-state index in [4.69, 9.17) is 5.11 Å². The van der Waals surface area contributed by atoms with Gasteiger partial charge < -0.3 is 20.3 Å². The molecule has 1 aromatic heterocycles. The lowest BCUT2D eigenvalue weighted by Gasteiger charge is -2.25. The highest BCUT2D eigenvalue weighted by atomic mass is 19.1. The predicted octanol–water partition coefficient (Wildman–Crippen LogP) is 3.81. The standard InChI is InChI=1S/C23H28FN3O4/c24-18-10-16-20(11-19(18)26-14-6-2-1-3-7-14)27(15-8-4-5-9-15)13-17(22(16)30)23(31)25-12-21(28)29/h10-11,13-15,26H,1-9,12H2,(H,25,31)(H,28,29). The van der Waals surface area contributed by atoms with Gasteiger partial charge in [-0.15, -0.1) is 0 Å². The molecule has 3 N–H and O–H groups in total. The number of pyridine rings is 1. The van der Waals surface area contributed by atoms with Crippen LogP contribution in [0.4, 0.5) is 10.1 Å². The molecule has 1 aromatic carbocycles. The number of carboxylic acids is 1. The van der Waals surface area contributed by atoms with E-state index in [9.17, 15) is 18.8 Å². The minimum Gasteiger partial charge on any atom is -0.480 e. The summed E-state index contributed by atoms with van der Waals surface area (Å²) < 4.78 is 16.9. The van der Waals surface area contributed by atoms with Crippen molar-refractivity contribution in [3.63, 3.8) is 0 Å². The van der Waals surface area contributed by atoms with Crippen LogP contribution in [-0.2, 0) is 4.79 Å². The van der Waals surface area contributed by atoms with Gasteiger partial charge in [0.15, 0.2) is 0 Å². The maximum absolute atomic E-state index is 15.0. The molecule has 0 aliphatic heterocycles. The number of carbonyl (C=O) groups is 2. The summed E-state index contributed by atoms with van der Waals surface area (Å²) in [5.41, 5.74) is 0.239. The van der Waals surface area contributed by atoms with Crippen LogP contribution in [0, 0.1) is 5.82 Å². The van der Waals surface area contributed by atoms with Gasteiger partial charge in [0.05, 0.1) is 11.2 Å². The molecule has 4 rings (SSSR count). The molecule has 1 heterocycles. The third kappa shape index (κ3) is 4.57. The van der Waals surface area contributed by atoms with E-state index in [-0.39, 0.29) is 23.0 Å². The molecule has 8 heteroatoms. The number of benzene rings is 1. The monoisotopic (exact) mass is 429 g/mol. The fourth-order valence-corrected chi connectivity index (χ4v) is 4.84. The highest BCUT2D eigenvalue weighted by Gasteiger charge is 2.24. The van der Waals surface area contributed by atoms with Gasteiger partial charge in [-0.05, 0) is 37.8 Å². The second-order valence-electron chi connectivity index (χ2n) is 8.62. The number of carboxylic acid groups (broad SMARTS) is 1. The van der Waals surface area contributed by atoms with Crippen LogP contribution < -0.4 is 16.1 Å². The lowest BCUT2D eigenvalue weighted by molar-refractivity contribution is -0.135. The maximum Gasteiger partial charge on any atom is 0.322 e. The van der Waals surface area contributed by atoms with Crippen LogP contribution in [0.15, 0.2) is 23.1 Å². The van der Waals surface area contributed by atoms with E-state index in [2.05, 4.69) is 10.6 Å². The van der Waals surface area contributed by atoms with E-state index < -0.39 is 29.7 Å². The molecule has 0 bridgehead atoms. The van der Waals surface area contributed by atoms with Crippen molar-refractivity contribution in [2.75, 3.05) is 11.9 Å². The second-order valence-corrected chi connectivity index (χ2v) is 8.62. The molecule has 0 saturated heterocycles. The highest BCUT2D eigenvalue weighted by Crippen LogP contribution is 2.33. The summed E-state index contributed by atoms with van der Waals surface area (Å²) in [4.78, 5) is 36.3. The molecule has 2 aliphatic rings. The number of fused-ring (bicyclic) bond motifs is 1. The van der Waals surface area contributed by atoms with Gasteiger partial charge in [-0.3, -0.25) is 14.4 Å². The zero-order valence-corrected chi connectivity index (χ0v) is 17.5. The molecule has 0 radical (unpaired) electrons. The van der Waals surface area contributed by atoms with Crippen molar-refractivity contribution in [2.24, 2.45) is 0 Å². The van der Waals surface area contributed by atoms with Crippen molar-refractivity contribution in [1.29, 1.82) is 0 Å². The largest absolute Gasteiger partial charge is 0.480 e. The number of nitrogens with one attached hydrogen (secondary N) is 2. The van der Waals surface area contributed by atoms with Gasteiger partial charge in [-0.2, -0.15) is 0 Å². The third-order valence-corrected chi connectivity index (χ3v) is 6.45. The molecule has 2 aromatic rings. The Morgan fingerprint density at radius 3 is 2.42 bits per heavy atom. The van der Waals surface area contributed by atoms with Gasteiger partial charge >= 0.3 is 5.97 Å². The number of halogens is 1. The van der Waals surface area contributed by atoms with Gasteiger partial charge in [0.2, 0.25) is 5.43 Å². The Kier molecular flexibility index (Phi) is 6.25. The quantitative estimate of drug-likeness (QED) is 0.648. The van der Waals surface area contributed by atoms with E-state index in [0.717, 1.165) is 51.4 Å². The summed E-state index contributed by atoms with van der Waals surface area (Å²) in [5, 5.41) is 14.5. The SMILES string of the molecule is O=C(O)CNC(=O)c1cn(C2CCCC2)c2cc(NC3CCCCC3)c(F)cc2c1=O. The molecule has 0 atom stereocenters. The summed E-state index contributed by atoms with van der Waals surface area (Å²) in [7, 11) is 0. The van der Waals surface area contributed by atoms with Gasteiger partial charge in [-0.25, -0.2) is 4.39 Å². The van der Waals surface area contributed by atoms with Crippen LogP contribution in [0.25, 0.3) is 10.9 Å². The van der Waals surface area contributed by atoms with Gasteiger partial charge in [0.1, 0.15) is 17.9 Å². The van der Waals surface area contributed by atoms with Crippen LogP contribution >= 0.6 is 0 Å². The molecule has 1 amide bonds. The number of aliphatic carboxylic acids is 1. The maximum atomic E-state index is 15.0. The summed E-state index contributed by atoms with van der Waals surface area (Å²) in [6.45, 7) is -0.585. The molecular formula is C23H28FN3O4. The lowest BCUT2D eigenvalue weighted by atomic mass is 9.95. The Labute approximate surface area is 179 Å². The molecule has 0 spiro atoms. The summed E-state index contributed by atoms with van der Waals surface area (Å²) in [6, 6.07) is 3.23. The van der Waals surface area contributed by atoms with E-state index >= 15 is 0 Å². The van der Waals surface area contributed by atoms with E-state index in [0.29, 0.717) is 11.2 Å². The number of rotatable bonds is 6. The number of nitrogens with zero attached hydrogens (tertiary/aromatic N) is 1. The summed E-state index contributed by atoms with van der Waals surface area (Å²) in [6.07, 6.45) is 10.9. The number of carbonyl (C=O) groups excluding carboxylic acids is 1. The molecule has 7 nitrogen and oxygen atoms in total. The molecule has 0 unspecified atom stereocenters. The van der Waals surface area contributed by atoms with Gasteiger partial charge in [0, 0.05) is 23.7 Å². The average Bonchev–Trinajstić information content (AvgIpc) is 3.29. The normalized spacial score (nSPS) is 17.7. The summed E-state index contributed by atoms with van der Waals surface area (Å²) >= 11 is 0. The smallest absolute Gasteiger partial charge is 0.322 e. The fraction of sp³-hybridized carbons (Fsp3) is 0.522. The topological polar surface area (TPSA) is 100 Å². The fourth-order valence-electron chi connectivity index (χ4n) is 4.84. The van der Waals surface area contributed by atoms with Crippen LogP contribution in [0.1, 0.15) is 74.2 Å². The van der Waals surface area contributed by atoms with Crippen molar-refractivity contribution < 1.29 is 19.1 Å². The predicted molar refractivity (Wildman–Crippen MR) is 116 cm³/mol. The first-order chi connectivity index (χ1) is 14.9. The molecule has 2 saturated carbocycles. The Morgan fingerprint density at radius 2 is 1.74 bits per heavy atom. The number of amides is 1. The van der Waals surface area contributed by atoms with E-state index in [1.165, 1.54) is 18.7 Å². The minimum atomic E-state index is -1.20. The number of hydrogen-bond donors (Lipinski definition) is 3. The second kappa shape index (κ2) is 9.08. The van der Waals surface area contributed by atoms with Crippen molar-refractivity contribution >= 4 is 28.5 Å². The van der Waals surface area contributed by atoms with Crippen molar-refractivity contribution in [3.05, 3.63) is 39.9 Å². The molecular weight excluding hydrogens is 401 g/mol. The number of aromatic nitrogens is 1. The van der Waals surface area contributed by atoms with Gasteiger partial charge in [0.25, 0.3) is 5.91 Å². The number of anilines is 1. The third-order valence-electron chi connectivity index (χ3n) is 6.45. The van der Waals surface area contributed by atoms with E-state index in [1.54, 1.807) is 6.07 Å². The number of hydrogen-bond acceptors (Lipinski definition) is 4. The molecule has 2 fully saturated rings. The Hall–Kier alpha value is -2.90. The van der Waals surface area contributed by atoms with E-state index in [1.807, 2.05) is 4.57 Å². The first kappa shape index (κ1) is 21.3. The molecule has 166 valence electrons. The van der Waals surface area contributed by atoms with Crippen LogP contribution in [0.3, 0.4) is 0 Å². The van der Waals surface area contributed by atoms with Gasteiger partial charge in [-0.1, -0.05) is 32.1 Å². The highest BCUT2D eigenvalue weighted by molar-refractivity contribution is 5.99. The summed E-state index contributed by atoms with van der Waals surface area (Å²) in [5.74, 6) is -2.48. The van der Waals surface area contributed by atoms with Crippen LogP contribution in [0.2, 0.25) is 0 Å². The molecule has 2 aliphatic carbocycles. The van der Waals surface area contributed by atoms with Crippen LogP contribution in [0.5, 0.6) is 0 Å². The van der Waals surface area contributed by atoms with Crippen molar-refractivity contribution in [2.45, 2.75) is 69.9 Å². The average molecular weight is 429 g/mol. The lowest BCUT2D eigenvalue weighted by Crippen LogP contribution is -2.33. The zero-order valence-electron chi connectivity index (χ0n) is 17.5. The zero-order chi connectivity index (χ0) is 22.0. The Morgan fingerprint density at radius 1 is 1.06 bits per heavy atom. The van der Waals surface area contributed by atoms with Crippen molar-refractivity contribution in [3.8, 4) is 0 Å². The first-order valence-corrected chi connectivity index (χ1v) is 11.1.